The lowest BCUT2D eigenvalue weighted by molar-refractivity contribution is -0.115. The molecular formula is C22H17FN2O2. The summed E-state index contributed by atoms with van der Waals surface area (Å²) >= 11 is 0. The number of carbonyl (C=O) groups excluding carboxylic acids is 1. The molecule has 0 saturated carbocycles. The van der Waals surface area contributed by atoms with Crippen LogP contribution in [0.5, 0.6) is 11.5 Å². The summed E-state index contributed by atoms with van der Waals surface area (Å²) in [4.78, 5) is 15.6. The van der Waals surface area contributed by atoms with Crippen molar-refractivity contribution in [1.29, 1.82) is 0 Å². The molecule has 134 valence electrons. The summed E-state index contributed by atoms with van der Waals surface area (Å²) in [5.74, 6) is 0.711. The van der Waals surface area contributed by atoms with Crippen molar-refractivity contribution in [2.24, 2.45) is 0 Å². The largest absolute Gasteiger partial charge is 0.455 e. The van der Waals surface area contributed by atoms with Crippen molar-refractivity contribution < 1.29 is 13.9 Å². The topological polar surface area (TPSA) is 54.1 Å². The van der Waals surface area contributed by atoms with Crippen LogP contribution in [-0.2, 0) is 11.2 Å². The minimum Gasteiger partial charge on any atom is -0.455 e. The van der Waals surface area contributed by atoms with Gasteiger partial charge in [0.05, 0.1) is 12.1 Å². The molecule has 0 aliphatic rings. The van der Waals surface area contributed by atoms with Crippen LogP contribution >= 0.6 is 0 Å². The number of benzene rings is 3. The van der Waals surface area contributed by atoms with Crippen LogP contribution < -0.4 is 10.1 Å². The van der Waals surface area contributed by atoms with E-state index in [0.29, 0.717) is 22.6 Å². The fourth-order valence-electron chi connectivity index (χ4n) is 2.94. The van der Waals surface area contributed by atoms with Gasteiger partial charge in [-0.15, -0.1) is 0 Å². The number of amides is 1. The second kappa shape index (κ2) is 7.33. The molecule has 0 atom stereocenters. The Hall–Kier alpha value is -3.60. The van der Waals surface area contributed by atoms with Gasteiger partial charge in [0, 0.05) is 17.1 Å². The molecule has 5 heteroatoms. The Labute approximate surface area is 155 Å². The Kier molecular flexibility index (Phi) is 4.58. The highest BCUT2D eigenvalue weighted by Crippen LogP contribution is 2.29. The summed E-state index contributed by atoms with van der Waals surface area (Å²) in [6, 6.07) is 21.1. The summed E-state index contributed by atoms with van der Waals surface area (Å²) in [5, 5.41) is 3.58. The quantitative estimate of drug-likeness (QED) is 0.509. The van der Waals surface area contributed by atoms with Gasteiger partial charge in [-0.3, -0.25) is 4.79 Å². The molecule has 1 aromatic heterocycles. The molecule has 3 aromatic carbocycles. The minimum atomic E-state index is -0.328. The van der Waals surface area contributed by atoms with Crippen LogP contribution in [0.1, 0.15) is 5.56 Å². The first-order valence-corrected chi connectivity index (χ1v) is 8.56. The zero-order valence-electron chi connectivity index (χ0n) is 14.4. The molecule has 0 aliphatic carbocycles. The molecule has 0 bridgehead atoms. The lowest BCUT2D eigenvalue weighted by atomic mass is 10.1. The number of hydrogen-bond acceptors (Lipinski definition) is 2. The maximum atomic E-state index is 13.5. The molecular weight excluding hydrogens is 343 g/mol. The van der Waals surface area contributed by atoms with Crippen molar-refractivity contribution in [3.63, 3.8) is 0 Å². The maximum absolute atomic E-state index is 13.5. The molecule has 1 amide bonds. The number of anilines is 1. The summed E-state index contributed by atoms with van der Waals surface area (Å²) in [5.41, 5.74) is 2.12. The molecule has 0 saturated heterocycles. The van der Waals surface area contributed by atoms with Crippen LogP contribution in [0.3, 0.4) is 0 Å². The van der Waals surface area contributed by atoms with Crippen molar-refractivity contribution in [3.8, 4) is 11.5 Å². The van der Waals surface area contributed by atoms with Crippen LogP contribution in [0.25, 0.3) is 10.9 Å². The molecule has 0 aliphatic heterocycles. The van der Waals surface area contributed by atoms with Gasteiger partial charge >= 0.3 is 0 Å². The molecule has 4 nitrogen and oxygen atoms in total. The van der Waals surface area contributed by atoms with Crippen LogP contribution in [0, 0.1) is 5.82 Å². The number of hydrogen-bond donors (Lipinski definition) is 2. The average Bonchev–Trinajstić information content (AvgIpc) is 3.06. The van der Waals surface area contributed by atoms with E-state index in [-0.39, 0.29) is 18.1 Å². The van der Waals surface area contributed by atoms with E-state index in [9.17, 15) is 9.18 Å². The van der Waals surface area contributed by atoms with E-state index in [1.165, 1.54) is 12.1 Å². The molecule has 2 N–H and O–H groups in total. The Balaban J connectivity index is 1.52. The van der Waals surface area contributed by atoms with Crippen molar-refractivity contribution in [2.75, 3.05) is 5.32 Å². The van der Waals surface area contributed by atoms with E-state index in [2.05, 4.69) is 10.3 Å². The number of aromatic nitrogens is 1. The van der Waals surface area contributed by atoms with E-state index in [1.807, 2.05) is 42.5 Å². The summed E-state index contributed by atoms with van der Waals surface area (Å²) in [6.45, 7) is 0. The number of ether oxygens (including phenoxy) is 1. The fourth-order valence-corrected chi connectivity index (χ4v) is 2.94. The Bertz CT molecular complexity index is 1090. The van der Waals surface area contributed by atoms with E-state index in [4.69, 9.17) is 4.74 Å². The highest BCUT2D eigenvalue weighted by atomic mass is 19.1. The first-order chi connectivity index (χ1) is 13.2. The first kappa shape index (κ1) is 16.8. The number of halogens is 1. The maximum Gasteiger partial charge on any atom is 0.228 e. The zero-order chi connectivity index (χ0) is 18.6. The molecule has 0 spiro atoms. The Morgan fingerprint density at radius 2 is 1.78 bits per heavy atom. The van der Waals surface area contributed by atoms with Crippen molar-refractivity contribution >= 4 is 22.5 Å². The molecule has 4 rings (SSSR count). The van der Waals surface area contributed by atoms with Crippen LogP contribution in [0.2, 0.25) is 0 Å². The summed E-state index contributed by atoms with van der Waals surface area (Å²) < 4.78 is 19.4. The van der Waals surface area contributed by atoms with Gasteiger partial charge in [-0.25, -0.2) is 4.39 Å². The van der Waals surface area contributed by atoms with E-state index >= 15 is 0 Å². The summed E-state index contributed by atoms with van der Waals surface area (Å²) in [7, 11) is 0. The number of para-hydroxylation sites is 3. The predicted molar refractivity (Wildman–Crippen MR) is 104 cm³/mol. The highest BCUT2D eigenvalue weighted by Gasteiger charge is 2.12. The third-order valence-corrected chi connectivity index (χ3v) is 4.21. The van der Waals surface area contributed by atoms with Gasteiger partial charge in [0.2, 0.25) is 5.91 Å². The van der Waals surface area contributed by atoms with Gasteiger partial charge < -0.3 is 15.0 Å². The molecule has 1 heterocycles. The smallest absolute Gasteiger partial charge is 0.228 e. The second-order valence-electron chi connectivity index (χ2n) is 6.14. The molecule has 0 radical (unpaired) electrons. The van der Waals surface area contributed by atoms with E-state index < -0.39 is 0 Å². The normalized spacial score (nSPS) is 10.7. The number of carbonyl (C=O) groups is 1. The van der Waals surface area contributed by atoms with Crippen molar-refractivity contribution in [1.82, 2.24) is 4.98 Å². The number of rotatable bonds is 5. The van der Waals surface area contributed by atoms with Crippen molar-refractivity contribution in [2.45, 2.75) is 6.42 Å². The fraction of sp³-hybridized carbons (Fsp3) is 0.0455. The standard InChI is InChI=1S/C22H17FN2O2/c23-16-10-11-19-18(13-16)15(14-24-19)12-22(26)25-20-8-4-5-9-21(20)27-17-6-2-1-3-7-17/h1-11,13-14,24H,12H2,(H,25,26). The summed E-state index contributed by atoms with van der Waals surface area (Å²) in [6.07, 6.45) is 1.86. The monoisotopic (exact) mass is 360 g/mol. The number of fused-ring (bicyclic) bond motifs is 1. The lowest BCUT2D eigenvalue weighted by Gasteiger charge is -2.12. The number of H-pyrrole nitrogens is 1. The second-order valence-corrected chi connectivity index (χ2v) is 6.14. The predicted octanol–water partition coefficient (Wildman–Crippen LogP) is 5.28. The van der Waals surface area contributed by atoms with Gasteiger partial charge in [0.15, 0.2) is 5.75 Å². The number of aromatic amines is 1. The van der Waals surface area contributed by atoms with E-state index in [1.54, 1.807) is 24.4 Å². The third-order valence-electron chi connectivity index (χ3n) is 4.21. The SMILES string of the molecule is O=C(Cc1c[nH]c2ccc(F)cc12)Nc1ccccc1Oc1ccccc1. The van der Waals surface area contributed by atoms with Gasteiger partial charge in [-0.2, -0.15) is 0 Å². The molecule has 4 aromatic rings. The molecule has 27 heavy (non-hydrogen) atoms. The van der Waals surface area contributed by atoms with Gasteiger partial charge in [0.1, 0.15) is 11.6 Å². The Morgan fingerprint density at radius 3 is 2.63 bits per heavy atom. The van der Waals surface area contributed by atoms with Crippen LogP contribution in [0.15, 0.2) is 79.0 Å². The zero-order valence-corrected chi connectivity index (χ0v) is 14.4. The third kappa shape index (κ3) is 3.82. The van der Waals surface area contributed by atoms with Gasteiger partial charge in [-0.05, 0) is 48.0 Å². The van der Waals surface area contributed by atoms with Crippen molar-refractivity contribution in [3.05, 3.63) is 90.4 Å². The van der Waals surface area contributed by atoms with Gasteiger partial charge in [-0.1, -0.05) is 30.3 Å². The first-order valence-electron chi connectivity index (χ1n) is 8.56. The average molecular weight is 360 g/mol. The molecule has 0 unspecified atom stereocenters. The van der Waals surface area contributed by atoms with Crippen LogP contribution in [-0.4, -0.2) is 10.9 Å². The minimum absolute atomic E-state index is 0.128. The number of nitrogens with one attached hydrogen (secondary N) is 2. The lowest BCUT2D eigenvalue weighted by Crippen LogP contribution is -2.14. The van der Waals surface area contributed by atoms with Gasteiger partial charge in [0.25, 0.3) is 0 Å². The Morgan fingerprint density at radius 1 is 1.00 bits per heavy atom. The van der Waals surface area contributed by atoms with Crippen LogP contribution in [0.4, 0.5) is 10.1 Å². The molecule has 0 fully saturated rings. The van der Waals surface area contributed by atoms with E-state index in [0.717, 1.165) is 11.1 Å². The highest BCUT2D eigenvalue weighted by molar-refractivity contribution is 5.96.